The molecule has 25 heavy (non-hydrogen) atoms. The lowest BCUT2D eigenvalue weighted by Gasteiger charge is -2.11. The second-order valence-corrected chi connectivity index (χ2v) is 6.00. The molecule has 2 N–H and O–H groups in total. The van der Waals surface area contributed by atoms with E-state index in [2.05, 4.69) is 52.2 Å². The van der Waals surface area contributed by atoms with Crippen LogP contribution >= 0.6 is 0 Å². The van der Waals surface area contributed by atoms with Gasteiger partial charge >= 0.3 is 0 Å². The molecule has 3 aromatic rings. The first-order chi connectivity index (χ1) is 12.2. The lowest BCUT2D eigenvalue weighted by atomic mass is 9.96. The summed E-state index contributed by atoms with van der Waals surface area (Å²) in [7, 11) is 0. The van der Waals surface area contributed by atoms with E-state index < -0.39 is 0 Å². The van der Waals surface area contributed by atoms with Crippen LogP contribution in [0.15, 0.2) is 48.5 Å². The lowest BCUT2D eigenvalue weighted by molar-refractivity contribution is -0.719. The zero-order valence-corrected chi connectivity index (χ0v) is 14.3. The second-order valence-electron chi connectivity index (χ2n) is 6.00. The third-order valence-corrected chi connectivity index (χ3v) is 4.15. The zero-order valence-electron chi connectivity index (χ0n) is 14.3. The van der Waals surface area contributed by atoms with Gasteiger partial charge in [-0.15, -0.1) is 0 Å². The molecule has 2 aromatic carbocycles. The Labute approximate surface area is 146 Å². The number of benzene rings is 2. The van der Waals surface area contributed by atoms with Crippen molar-refractivity contribution in [1.29, 1.82) is 0 Å². The van der Waals surface area contributed by atoms with Crippen LogP contribution < -0.4 is 10.1 Å². The fourth-order valence-corrected chi connectivity index (χ4v) is 2.70. The van der Waals surface area contributed by atoms with Crippen LogP contribution in [0.1, 0.15) is 48.5 Å². The van der Waals surface area contributed by atoms with Gasteiger partial charge in [-0.1, -0.05) is 32.4 Å². The summed E-state index contributed by atoms with van der Waals surface area (Å²) in [4.78, 5) is 13.8. The fraction of sp³-hybridized carbons (Fsp3) is 0.278. The highest BCUT2D eigenvalue weighted by atomic mass is 16.1. The van der Waals surface area contributed by atoms with Crippen LogP contribution in [0.25, 0.3) is 5.69 Å². The Balaban J connectivity index is 1.65. The normalized spacial score (nSPS) is 11.9. The summed E-state index contributed by atoms with van der Waals surface area (Å²) in [6, 6.07) is 15.1. The van der Waals surface area contributed by atoms with Crippen LogP contribution in [0.5, 0.6) is 0 Å². The van der Waals surface area contributed by atoms with Gasteiger partial charge in [0.05, 0.1) is 0 Å². The first-order valence-electron chi connectivity index (χ1n) is 8.35. The Morgan fingerprint density at radius 3 is 2.48 bits per heavy atom. The Morgan fingerprint density at radius 2 is 1.88 bits per heavy atom. The van der Waals surface area contributed by atoms with E-state index in [0.29, 0.717) is 11.5 Å². The Bertz CT molecular complexity index is 812. The number of amides is 1. The maximum atomic E-state index is 12.4. The summed E-state index contributed by atoms with van der Waals surface area (Å²) >= 11 is 0. The van der Waals surface area contributed by atoms with Crippen molar-refractivity contribution in [3.8, 4) is 5.69 Å². The van der Waals surface area contributed by atoms with Gasteiger partial charge in [-0.3, -0.25) is 4.79 Å². The molecule has 7 nitrogen and oxygen atoms in total. The van der Waals surface area contributed by atoms with E-state index in [1.165, 1.54) is 10.4 Å². The molecule has 0 fully saturated rings. The van der Waals surface area contributed by atoms with Crippen LogP contribution in [0.2, 0.25) is 0 Å². The molecule has 3 rings (SSSR count). The van der Waals surface area contributed by atoms with Crippen molar-refractivity contribution in [2.75, 3.05) is 5.32 Å². The molecule has 0 radical (unpaired) electrons. The summed E-state index contributed by atoms with van der Waals surface area (Å²) in [6.07, 6.45) is 2.33. The molecule has 7 heteroatoms. The summed E-state index contributed by atoms with van der Waals surface area (Å²) < 4.78 is 0. The number of hydrogen-bond donors (Lipinski definition) is 2. The van der Waals surface area contributed by atoms with E-state index in [-0.39, 0.29) is 5.91 Å². The number of nitrogens with one attached hydrogen (secondary N) is 2. The molecule has 1 aromatic heterocycles. The molecule has 1 heterocycles. The van der Waals surface area contributed by atoms with Gasteiger partial charge < -0.3 is 5.32 Å². The first kappa shape index (κ1) is 16.8. The second kappa shape index (κ2) is 7.65. The number of aromatic nitrogens is 5. The number of nitrogens with zero attached hydrogens (tertiary/aromatic N) is 4. The minimum atomic E-state index is -0.151. The van der Waals surface area contributed by atoms with Gasteiger partial charge in [-0.05, 0) is 64.3 Å². The molecule has 0 aliphatic rings. The van der Waals surface area contributed by atoms with Gasteiger partial charge in [0.25, 0.3) is 5.91 Å². The highest BCUT2D eigenvalue weighted by Gasteiger charge is 2.10. The Kier molecular flexibility index (Phi) is 5.13. The zero-order chi connectivity index (χ0) is 17.6. The van der Waals surface area contributed by atoms with Gasteiger partial charge in [-0.25, -0.2) is 0 Å². The van der Waals surface area contributed by atoms with Gasteiger partial charge in [0.2, 0.25) is 10.4 Å². The van der Waals surface area contributed by atoms with Crippen LogP contribution in [0.3, 0.4) is 0 Å². The van der Waals surface area contributed by atoms with Crippen molar-refractivity contribution in [1.82, 2.24) is 20.9 Å². The Hall–Kier alpha value is -3.09. The average Bonchev–Trinajstić information content (AvgIpc) is 3.17. The molecule has 1 atom stereocenters. The van der Waals surface area contributed by atoms with Gasteiger partial charge in [0, 0.05) is 11.3 Å². The van der Waals surface area contributed by atoms with Crippen molar-refractivity contribution in [2.45, 2.75) is 32.6 Å². The minimum Gasteiger partial charge on any atom is -0.322 e. The average molecular weight is 337 g/mol. The molecular formula is C18H21N6O+. The quantitative estimate of drug-likeness (QED) is 0.677. The predicted molar refractivity (Wildman–Crippen MR) is 93.4 cm³/mol. The topological polar surface area (TPSA) is 87.4 Å². The molecule has 0 bridgehead atoms. The van der Waals surface area contributed by atoms with Crippen molar-refractivity contribution in [3.63, 3.8) is 0 Å². The largest absolute Gasteiger partial charge is 0.322 e. The fourth-order valence-electron chi connectivity index (χ4n) is 2.70. The van der Waals surface area contributed by atoms with E-state index in [0.717, 1.165) is 24.2 Å². The van der Waals surface area contributed by atoms with Crippen molar-refractivity contribution in [2.24, 2.45) is 0 Å². The van der Waals surface area contributed by atoms with Gasteiger partial charge in [0.1, 0.15) is 5.21 Å². The molecule has 1 unspecified atom stereocenters. The third-order valence-electron chi connectivity index (χ3n) is 4.15. The molecular weight excluding hydrogens is 316 g/mol. The third kappa shape index (κ3) is 4.06. The monoisotopic (exact) mass is 337 g/mol. The van der Waals surface area contributed by atoms with Crippen molar-refractivity contribution in [3.05, 3.63) is 59.7 Å². The summed E-state index contributed by atoms with van der Waals surface area (Å²) in [5.74, 6) is 0.381. The number of aromatic amines is 1. The van der Waals surface area contributed by atoms with Crippen molar-refractivity contribution < 1.29 is 9.59 Å². The summed E-state index contributed by atoms with van der Waals surface area (Å²) in [5, 5.41) is 16.3. The van der Waals surface area contributed by atoms with Crippen LogP contribution in [0, 0.1) is 0 Å². The predicted octanol–water partition coefficient (Wildman–Crippen LogP) is 2.63. The number of H-pyrrole nitrogens is 1. The van der Waals surface area contributed by atoms with E-state index in [1.807, 2.05) is 12.1 Å². The molecule has 0 saturated carbocycles. The number of rotatable bonds is 6. The maximum Gasteiger partial charge on any atom is 0.255 e. The van der Waals surface area contributed by atoms with Crippen molar-refractivity contribution >= 4 is 11.6 Å². The standard InChI is InChI=1S/C18H20N6O/c1-3-4-13(2)14-5-9-16(10-6-14)19-18(25)15-7-11-17(12-8-15)24-22-20-21-23-24/h5-13H,3-4H2,1-2H3,(H,19,25)/p+1. The van der Waals surface area contributed by atoms with E-state index >= 15 is 0 Å². The smallest absolute Gasteiger partial charge is 0.255 e. The van der Waals surface area contributed by atoms with E-state index in [1.54, 1.807) is 24.3 Å². The SMILES string of the molecule is CCCC(C)c1ccc(NC(=O)c2ccc(-[n+]3nnn[nH]3)cc2)cc1. The van der Waals surface area contributed by atoms with Crippen LogP contribution in [0.4, 0.5) is 5.69 Å². The molecule has 1 amide bonds. The lowest BCUT2D eigenvalue weighted by Crippen LogP contribution is -2.36. The summed E-state index contributed by atoms with van der Waals surface area (Å²) in [5.41, 5.74) is 3.40. The summed E-state index contributed by atoms with van der Waals surface area (Å²) in [6.45, 7) is 4.41. The highest BCUT2D eigenvalue weighted by Crippen LogP contribution is 2.22. The molecule has 0 spiro atoms. The van der Waals surface area contributed by atoms with E-state index in [4.69, 9.17) is 0 Å². The van der Waals surface area contributed by atoms with Crippen LogP contribution in [-0.2, 0) is 0 Å². The molecule has 0 saturated heterocycles. The molecule has 0 aliphatic heterocycles. The minimum absolute atomic E-state index is 0.151. The number of hydrogen-bond acceptors (Lipinski definition) is 4. The highest BCUT2D eigenvalue weighted by molar-refractivity contribution is 6.04. The molecule has 128 valence electrons. The van der Waals surface area contributed by atoms with Crippen LogP contribution in [-0.4, -0.2) is 26.8 Å². The number of carbonyl (C=O) groups excluding carboxylic acids is 1. The maximum absolute atomic E-state index is 12.4. The number of anilines is 1. The van der Waals surface area contributed by atoms with E-state index in [9.17, 15) is 4.79 Å². The first-order valence-corrected chi connectivity index (χ1v) is 8.35. The number of carbonyl (C=O) groups is 1. The van der Waals surface area contributed by atoms with Gasteiger partial charge in [-0.2, -0.15) is 0 Å². The Morgan fingerprint density at radius 1 is 1.16 bits per heavy atom. The molecule has 0 aliphatic carbocycles. The van der Waals surface area contributed by atoms with Gasteiger partial charge in [0.15, 0.2) is 5.69 Å².